The quantitative estimate of drug-likeness (QED) is 0.643. The highest BCUT2D eigenvalue weighted by atomic mass is 19.1. The van der Waals surface area contributed by atoms with Crippen LogP contribution in [-0.4, -0.2) is 9.97 Å². The fraction of sp³-hybridized carbons (Fsp3) is 0. The van der Waals surface area contributed by atoms with E-state index in [1.807, 2.05) is 0 Å². The molecular formula is C10H8F2N2. The van der Waals surface area contributed by atoms with E-state index in [1.165, 1.54) is 36.9 Å². The predicted octanol–water partition coefficient (Wildman–Crippen LogP) is 2.44. The lowest BCUT2D eigenvalue weighted by Crippen LogP contribution is -1.70. The number of halogens is 2. The number of rotatable bonds is 0. The van der Waals surface area contributed by atoms with Gasteiger partial charge in [0.25, 0.3) is 0 Å². The molecule has 0 aliphatic heterocycles. The van der Waals surface area contributed by atoms with E-state index in [2.05, 4.69) is 9.97 Å². The van der Waals surface area contributed by atoms with E-state index in [4.69, 9.17) is 0 Å². The van der Waals surface area contributed by atoms with Crippen LogP contribution in [0.3, 0.4) is 0 Å². The topological polar surface area (TPSA) is 25.8 Å². The van der Waals surface area contributed by atoms with Crippen molar-refractivity contribution >= 4 is 0 Å². The molecule has 0 N–H and O–H groups in total. The maximum absolute atomic E-state index is 11.8. The Morgan fingerprint density at radius 3 is 1.36 bits per heavy atom. The zero-order valence-corrected chi connectivity index (χ0v) is 7.27. The molecule has 0 bridgehead atoms. The van der Waals surface area contributed by atoms with Gasteiger partial charge in [0.05, 0.1) is 12.4 Å². The van der Waals surface area contributed by atoms with Crippen molar-refractivity contribution in [3.63, 3.8) is 0 Å². The average molecular weight is 194 g/mol. The molecule has 0 saturated carbocycles. The normalized spacial score (nSPS) is 8.71. The molecule has 0 unspecified atom stereocenters. The summed E-state index contributed by atoms with van der Waals surface area (Å²) in [7, 11) is 0. The van der Waals surface area contributed by atoms with Crippen molar-refractivity contribution < 1.29 is 8.78 Å². The largest absolute Gasteiger partial charge is 0.262 e. The Bertz CT molecular complexity index is 314. The molecule has 0 radical (unpaired) electrons. The highest BCUT2D eigenvalue weighted by molar-refractivity contribution is 4.92. The summed E-state index contributed by atoms with van der Waals surface area (Å²) in [4.78, 5) is 7.02. The van der Waals surface area contributed by atoms with Gasteiger partial charge in [-0.15, -0.1) is 0 Å². The third-order valence-corrected chi connectivity index (χ3v) is 1.25. The molecule has 2 aromatic heterocycles. The van der Waals surface area contributed by atoms with Crippen molar-refractivity contribution in [1.82, 2.24) is 9.97 Å². The van der Waals surface area contributed by atoms with E-state index >= 15 is 0 Å². The molecule has 0 saturated heterocycles. The first-order valence-corrected chi connectivity index (χ1v) is 3.90. The molecule has 2 nitrogen and oxygen atoms in total. The summed E-state index contributed by atoms with van der Waals surface area (Å²) < 4.78 is 23.7. The summed E-state index contributed by atoms with van der Waals surface area (Å²) >= 11 is 0. The maximum atomic E-state index is 11.8. The number of nitrogens with zero attached hydrogens (tertiary/aromatic N) is 2. The Labute approximate surface area is 80.3 Å². The van der Waals surface area contributed by atoms with Crippen LogP contribution in [0.2, 0.25) is 0 Å². The fourth-order valence-corrected chi connectivity index (χ4v) is 0.684. The monoisotopic (exact) mass is 194 g/mol. The Hall–Kier alpha value is -1.84. The Morgan fingerprint density at radius 1 is 0.786 bits per heavy atom. The van der Waals surface area contributed by atoms with Crippen LogP contribution < -0.4 is 0 Å². The number of hydrogen-bond acceptors (Lipinski definition) is 2. The van der Waals surface area contributed by atoms with E-state index in [0.717, 1.165) is 0 Å². The highest BCUT2D eigenvalue weighted by Gasteiger charge is 1.79. The van der Waals surface area contributed by atoms with E-state index in [-0.39, 0.29) is 11.6 Å². The van der Waals surface area contributed by atoms with Crippen LogP contribution in [0.15, 0.2) is 49.1 Å². The highest BCUT2D eigenvalue weighted by Crippen LogP contribution is 1.88. The van der Waals surface area contributed by atoms with E-state index in [9.17, 15) is 8.78 Å². The van der Waals surface area contributed by atoms with Crippen LogP contribution in [0.1, 0.15) is 0 Å². The molecule has 0 aliphatic carbocycles. The predicted molar refractivity (Wildman–Crippen MR) is 48.4 cm³/mol. The molecule has 2 rings (SSSR count). The molecule has 0 aromatic carbocycles. The first-order chi connectivity index (χ1) is 6.79. The number of aromatic nitrogens is 2. The summed E-state index contributed by atoms with van der Waals surface area (Å²) in [6.45, 7) is 0. The van der Waals surface area contributed by atoms with Crippen molar-refractivity contribution in [2.75, 3.05) is 0 Å². The number of pyridine rings is 2. The molecule has 0 atom stereocenters. The molecule has 2 heterocycles. The second-order valence-corrected chi connectivity index (χ2v) is 2.34. The molecule has 72 valence electrons. The van der Waals surface area contributed by atoms with Crippen molar-refractivity contribution in [3.8, 4) is 0 Å². The van der Waals surface area contributed by atoms with Gasteiger partial charge in [-0.1, -0.05) is 0 Å². The van der Waals surface area contributed by atoms with Gasteiger partial charge >= 0.3 is 0 Å². The van der Waals surface area contributed by atoms with Gasteiger partial charge in [0.2, 0.25) is 0 Å². The van der Waals surface area contributed by atoms with Crippen molar-refractivity contribution in [2.24, 2.45) is 0 Å². The Kier molecular flexibility index (Phi) is 4.20. The van der Waals surface area contributed by atoms with Crippen LogP contribution >= 0.6 is 0 Å². The minimum Gasteiger partial charge on any atom is -0.262 e. The van der Waals surface area contributed by atoms with Gasteiger partial charge < -0.3 is 0 Å². The van der Waals surface area contributed by atoms with Crippen LogP contribution in [0.5, 0.6) is 0 Å². The van der Waals surface area contributed by atoms with Gasteiger partial charge in [0.15, 0.2) is 0 Å². The summed E-state index contributed by atoms with van der Waals surface area (Å²) in [6, 6.07) is 5.81. The minimum absolute atomic E-state index is 0.289. The van der Waals surface area contributed by atoms with Gasteiger partial charge in [0.1, 0.15) is 11.6 Å². The van der Waals surface area contributed by atoms with Crippen molar-refractivity contribution in [1.29, 1.82) is 0 Å². The van der Waals surface area contributed by atoms with Gasteiger partial charge in [-0.2, -0.15) is 0 Å². The fourth-order valence-electron chi connectivity index (χ4n) is 0.684. The maximum Gasteiger partial charge on any atom is 0.141 e. The average Bonchev–Trinajstić information content (AvgIpc) is 2.21. The third-order valence-electron chi connectivity index (χ3n) is 1.25. The first kappa shape index (κ1) is 10.2. The first-order valence-electron chi connectivity index (χ1n) is 3.90. The zero-order valence-electron chi connectivity index (χ0n) is 7.27. The van der Waals surface area contributed by atoms with Gasteiger partial charge in [0, 0.05) is 12.4 Å². The molecule has 2 aromatic rings. The summed E-state index contributed by atoms with van der Waals surface area (Å²) in [5.74, 6) is -0.579. The van der Waals surface area contributed by atoms with Gasteiger partial charge in [-0.3, -0.25) is 9.97 Å². The second kappa shape index (κ2) is 5.75. The van der Waals surface area contributed by atoms with Crippen LogP contribution in [-0.2, 0) is 0 Å². The smallest absolute Gasteiger partial charge is 0.141 e. The number of hydrogen-bond donors (Lipinski definition) is 0. The SMILES string of the molecule is Fc1cccnc1.Fc1cccnc1. The summed E-state index contributed by atoms with van der Waals surface area (Å²) in [5, 5.41) is 0. The molecule has 0 spiro atoms. The molecule has 0 amide bonds. The van der Waals surface area contributed by atoms with Gasteiger partial charge in [-0.05, 0) is 24.3 Å². The van der Waals surface area contributed by atoms with Crippen LogP contribution in [0.4, 0.5) is 8.78 Å². The summed E-state index contributed by atoms with van der Waals surface area (Å²) in [5.41, 5.74) is 0. The van der Waals surface area contributed by atoms with Crippen molar-refractivity contribution in [3.05, 3.63) is 60.7 Å². The second-order valence-electron chi connectivity index (χ2n) is 2.34. The summed E-state index contributed by atoms with van der Waals surface area (Å²) in [6.07, 6.45) is 5.40. The Balaban J connectivity index is 0.000000140. The molecule has 4 heteroatoms. The molecule has 0 aliphatic rings. The lowest BCUT2D eigenvalue weighted by atomic mass is 10.5. The van der Waals surface area contributed by atoms with Crippen LogP contribution in [0.25, 0.3) is 0 Å². The van der Waals surface area contributed by atoms with Gasteiger partial charge in [-0.25, -0.2) is 8.78 Å². The molecule has 0 fully saturated rings. The van der Waals surface area contributed by atoms with E-state index in [0.29, 0.717) is 0 Å². The molecule has 14 heavy (non-hydrogen) atoms. The van der Waals surface area contributed by atoms with Crippen LogP contribution in [0, 0.1) is 11.6 Å². The zero-order chi connectivity index (χ0) is 10.2. The van der Waals surface area contributed by atoms with E-state index < -0.39 is 0 Å². The van der Waals surface area contributed by atoms with E-state index in [1.54, 1.807) is 12.1 Å². The Morgan fingerprint density at radius 2 is 1.21 bits per heavy atom. The third kappa shape index (κ3) is 4.25. The minimum atomic E-state index is -0.289. The standard InChI is InChI=1S/2C5H4FN/c2*6-5-2-1-3-7-4-5/h2*1-4H. The molecular weight excluding hydrogens is 186 g/mol. The lowest BCUT2D eigenvalue weighted by molar-refractivity contribution is 0.621. The van der Waals surface area contributed by atoms with Crippen molar-refractivity contribution in [2.45, 2.75) is 0 Å². The lowest BCUT2D eigenvalue weighted by Gasteiger charge is -1.78.